The summed E-state index contributed by atoms with van der Waals surface area (Å²) in [7, 11) is 1.55. The predicted molar refractivity (Wildman–Crippen MR) is 107 cm³/mol. The maximum absolute atomic E-state index is 12.5. The summed E-state index contributed by atoms with van der Waals surface area (Å²) in [5.74, 6) is 0.744. The molecule has 142 valence electrons. The van der Waals surface area contributed by atoms with Gasteiger partial charge in [-0.1, -0.05) is 31.2 Å². The number of hydrogen-bond acceptors (Lipinski definition) is 3. The van der Waals surface area contributed by atoms with E-state index in [1.54, 1.807) is 25.3 Å². The fourth-order valence-electron chi connectivity index (χ4n) is 3.61. The second kappa shape index (κ2) is 8.71. The van der Waals surface area contributed by atoms with Gasteiger partial charge in [-0.3, -0.25) is 9.59 Å². The van der Waals surface area contributed by atoms with Gasteiger partial charge in [0.15, 0.2) is 0 Å². The molecule has 5 nitrogen and oxygen atoms in total. The van der Waals surface area contributed by atoms with Crippen LogP contribution in [0.4, 0.5) is 11.4 Å². The third kappa shape index (κ3) is 4.67. The molecule has 0 heterocycles. The van der Waals surface area contributed by atoms with Crippen molar-refractivity contribution in [3.05, 3.63) is 53.6 Å². The molecular weight excluding hydrogens is 340 g/mol. The SMILES string of the molecule is CCCC(=O)Nc1ccc(NC(=O)CC2CCc3ccccc32)cc1OC. The van der Waals surface area contributed by atoms with E-state index < -0.39 is 0 Å². The summed E-state index contributed by atoms with van der Waals surface area (Å²) < 4.78 is 5.36. The summed E-state index contributed by atoms with van der Waals surface area (Å²) >= 11 is 0. The Morgan fingerprint density at radius 1 is 1.11 bits per heavy atom. The number of hydrogen-bond donors (Lipinski definition) is 2. The maximum atomic E-state index is 12.5. The van der Waals surface area contributed by atoms with E-state index in [1.165, 1.54) is 11.1 Å². The number of ether oxygens (including phenoxy) is 1. The summed E-state index contributed by atoms with van der Waals surface area (Å²) in [5, 5.41) is 5.78. The monoisotopic (exact) mass is 366 g/mol. The van der Waals surface area contributed by atoms with Crippen LogP contribution in [0.25, 0.3) is 0 Å². The molecule has 1 atom stereocenters. The van der Waals surface area contributed by atoms with Gasteiger partial charge in [-0.15, -0.1) is 0 Å². The van der Waals surface area contributed by atoms with Crippen LogP contribution < -0.4 is 15.4 Å². The Bertz CT molecular complexity index is 832. The lowest BCUT2D eigenvalue weighted by molar-refractivity contribution is -0.117. The molecule has 0 fully saturated rings. The van der Waals surface area contributed by atoms with Crippen molar-refractivity contribution >= 4 is 23.2 Å². The Morgan fingerprint density at radius 3 is 2.70 bits per heavy atom. The van der Waals surface area contributed by atoms with Crippen LogP contribution in [0.5, 0.6) is 5.75 Å². The van der Waals surface area contributed by atoms with Gasteiger partial charge in [-0.2, -0.15) is 0 Å². The largest absolute Gasteiger partial charge is 0.494 e. The highest BCUT2D eigenvalue weighted by Gasteiger charge is 2.24. The van der Waals surface area contributed by atoms with Gasteiger partial charge >= 0.3 is 0 Å². The van der Waals surface area contributed by atoms with Gasteiger partial charge in [0.1, 0.15) is 5.75 Å². The number of amides is 2. The van der Waals surface area contributed by atoms with Gasteiger partial charge in [0.25, 0.3) is 0 Å². The molecule has 3 rings (SSSR count). The van der Waals surface area contributed by atoms with E-state index in [0.717, 1.165) is 19.3 Å². The molecule has 27 heavy (non-hydrogen) atoms. The molecule has 1 unspecified atom stereocenters. The Labute approximate surface area is 160 Å². The summed E-state index contributed by atoms with van der Waals surface area (Å²) in [6.07, 6.45) is 3.76. The lowest BCUT2D eigenvalue weighted by Gasteiger charge is -2.14. The zero-order chi connectivity index (χ0) is 19.2. The first-order valence-electron chi connectivity index (χ1n) is 9.46. The normalized spacial score (nSPS) is 15.1. The average molecular weight is 366 g/mol. The quantitative estimate of drug-likeness (QED) is 0.758. The topological polar surface area (TPSA) is 67.4 Å². The van der Waals surface area contributed by atoms with Crippen LogP contribution in [0.1, 0.15) is 49.7 Å². The van der Waals surface area contributed by atoms with Crippen molar-refractivity contribution < 1.29 is 14.3 Å². The molecule has 0 saturated carbocycles. The number of anilines is 2. The number of rotatable bonds is 7. The highest BCUT2D eigenvalue weighted by molar-refractivity contribution is 5.94. The summed E-state index contributed by atoms with van der Waals surface area (Å²) in [6, 6.07) is 13.6. The number of carbonyl (C=O) groups is 2. The first-order chi connectivity index (χ1) is 13.1. The highest BCUT2D eigenvalue weighted by atomic mass is 16.5. The summed E-state index contributed by atoms with van der Waals surface area (Å²) in [5.41, 5.74) is 3.92. The molecule has 2 amide bonds. The zero-order valence-corrected chi connectivity index (χ0v) is 15.9. The zero-order valence-electron chi connectivity index (χ0n) is 15.9. The fourth-order valence-corrected chi connectivity index (χ4v) is 3.61. The van der Waals surface area contributed by atoms with Crippen molar-refractivity contribution in [1.82, 2.24) is 0 Å². The van der Waals surface area contributed by atoms with Crippen molar-refractivity contribution in [1.29, 1.82) is 0 Å². The lowest BCUT2D eigenvalue weighted by Crippen LogP contribution is -2.15. The first kappa shape index (κ1) is 19.0. The van der Waals surface area contributed by atoms with Crippen molar-refractivity contribution in [2.45, 2.75) is 44.9 Å². The Kier molecular flexibility index (Phi) is 6.12. The van der Waals surface area contributed by atoms with Crippen LogP contribution in [0.3, 0.4) is 0 Å². The Morgan fingerprint density at radius 2 is 1.93 bits per heavy atom. The Hall–Kier alpha value is -2.82. The molecule has 2 aromatic rings. The van der Waals surface area contributed by atoms with Crippen molar-refractivity contribution in [2.24, 2.45) is 0 Å². The van der Waals surface area contributed by atoms with Crippen molar-refractivity contribution in [2.75, 3.05) is 17.7 Å². The number of benzene rings is 2. The molecule has 0 bridgehead atoms. The van der Waals surface area contributed by atoms with Gasteiger partial charge in [-0.05, 0) is 48.4 Å². The van der Waals surface area contributed by atoms with Crippen LogP contribution >= 0.6 is 0 Å². The molecule has 5 heteroatoms. The van der Waals surface area contributed by atoms with Crippen molar-refractivity contribution in [3.63, 3.8) is 0 Å². The van der Waals surface area contributed by atoms with E-state index >= 15 is 0 Å². The molecule has 0 aliphatic heterocycles. The van der Waals surface area contributed by atoms with Crippen molar-refractivity contribution in [3.8, 4) is 5.75 Å². The minimum atomic E-state index is -0.0486. The fraction of sp³-hybridized carbons (Fsp3) is 0.364. The molecule has 0 aromatic heterocycles. The van der Waals surface area contributed by atoms with Crippen LogP contribution in [0, 0.1) is 0 Å². The Balaban J connectivity index is 1.63. The predicted octanol–water partition coefficient (Wildman–Crippen LogP) is 4.49. The van der Waals surface area contributed by atoms with E-state index in [2.05, 4.69) is 28.8 Å². The van der Waals surface area contributed by atoms with Crippen LogP contribution in [-0.2, 0) is 16.0 Å². The smallest absolute Gasteiger partial charge is 0.224 e. The van der Waals surface area contributed by atoms with E-state index in [1.807, 2.05) is 13.0 Å². The molecule has 1 aliphatic rings. The van der Waals surface area contributed by atoms with Crippen LogP contribution in [0.15, 0.2) is 42.5 Å². The standard InChI is InChI=1S/C22H26N2O3/c1-3-6-21(25)24-19-12-11-17(14-20(19)27-2)23-22(26)13-16-10-9-15-7-4-5-8-18(15)16/h4-5,7-8,11-12,14,16H,3,6,9-10,13H2,1-2H3,(H,23,26)(H,24,25). The molecule has 0 saturated heterocycles. The number of fused-ring (bicyclic) bond motifs is 1. The van der Waals surface area contributed by atoms with E-state index in [0.29, 0.717) is 30.0 Å². The van der Waals surface area contributed by atoms with Crippen LogP contribution in [0.2, 0.25) is 0 Å². The number of nitrogens with one attached hydrogen (secondary N) is 2. The van der Waals surface area contributed by atoms with Gasteiger partial charge < -0.3 is 15.4 Å². The third-order valence-electron chi connectivity index (χ3n) is 4.93. The van der Waals surface area contributed by atoms with Gasteiger partial charge in [0.05, 0.1) is 12.8 Å². The first-order valence-corrected chi connectivity index (χ1v) is 9.46. The maximum Gasteiger partial charge on any atom is 0.224 e. The van der Waals surface area contributed by atoms with Gasteiger partial charge in [0, 0.05) is 24.6 Å². The second-order valence-electron chi connectivity index (χ2n) is 6.90. The molecule has 0 spiro atoms. The molecule has 2 N–H and O–H groups in total. The molecule has 2 aromatic carbocycles. The minimum absolute atomic E-state index is 0.0125. The van der Waals surface area contributed by atoms with Gasteiger partial charge in [0.2, 0.25) is 11.8 Å². The number of aryl methyl sites for hydroxylation is 1. The molecular formula is C22H26N2O3. The summed E-state index contributed by atoms with van der Waals surface area (Å²) in [6.45, 7) is 1.96. The molecule has 0 radical (unpaired) electrons. The number of carbonyl (C=O) groups excluding carboxylic acids is 2. The highest BCUT2D eigenvalue weighted by Crippen LogP contribution is 2.35. The van der Waals surface area contributed by atoms with Gasteiger partial charge in [-0.25, -0.2) is 0 Å². The number of methoxy groups -OCH3 is 1. The van der Waals surface area contributed by atoms with E-state index in [9.17, 15) is 9.59 Å². The van der Waals surface area contributed by atoms with E-state index in [-0.39, 0.29) is 17.7 Å². The lowest BCUT2D eigenvalue weighted by atomic mass is 9.97. The molecule has 1 aliphatic carbocycles. The second-order valence-corrected chi connectivity index (χ2v) is 6.90. The third-order valence-corrected chi connectivity index (χ3v) is 4.93. The minimum Gasteiger partial charge on any atom is -0.494 e. The van der Waals surface area contributed by atoms with E-state index in [4.69, 9.17) is 4.74 Å². The van der Waals surface area contributed by atoms with Crippen LogP contribution in [-0.4, -0.2) is 18.9 Å². The summed E-state index contributed by atoms with van der Waals surface area (Å²) in [4.78, 5) is 24.3. The average Bonchev–Trinajstić information content (AvgIpc) is 3.06.